The maximum absolute atomic E-state index is 11.3. The fourth-order valence-electron chi connectivity index (χ4n) is 1.10. The lowest BCUT2D eigenvalue weighted by Crippen LogP contribution is -2.29. The van der Waals surface area contributed by atoms with Crippen LogP contribution in [0.25, 0.3) is 0 Å². The van der Waals surface area contributed by atoms with Crippen LogP contribution in [0, 0.1) is 0 Å². The average Bonchev–Trinajstić information content (AvgIpc) is 2.58. The van der Waals surface area contributed by atoms with E-state index in [4.69, 9.17) is 5.73 Å². The first-order valence-electron chi connectivity index (χ1n) is 3.96. The molecule has 1 aliphatic carbocycles. The number of nitrogens with two attached hydrogens (primary N) is 1. The number of carbonyl (C=O) groups excluding carboxylic acids is 1. The van der Waals surface area contributed by atoms with Crippen molar-refractivity contribution in [1.82, 2.24) is 10.3 Å². The van der Waals surface area contributed by atoms with Crippen LogP contribution in [0.4, 0.5) is 0 Å². The molecule has 0 aliphatic heterocycles. The minimum Gasteiger partial charge on any atom is -0.367 e. The van der Waals surface area contributed by atoms with Crippen LogP contribution in [-0.2, 0) is 0 Å². The van der Waals surface area contributed by atoms with Gasteiger partial charge in [0.2, 0.25) is 0 Å². The molecule has 0 radical (unpaired) electrons. The third-order valence-electron chi connectivity index (χ3n) is 2.02. The van der Waals surface area contributed by atoms with E-state index in [-0.39, 0.29) is 18.0 Å². The molecule has 1 amide bonds. The molecule has 4 N–H and O–H groups in total. The first-order chi connectivity index (χ1) is 5.77. The van der Waals surface area contributed by atoms with Crippen LogP contribution in [0.2, 0.25) is 0 Å². The van der Waals surface area contributed by atoms with Gasteiger partial charge >= 0.3 is 0 Å². The Balaban J connectivity index is 1.93. The van der Waals surface area contributed by atoms with Gasteiger partial charge in [-0.3, -0.25) is 4.79 Å². The quantitative estimate of drug-likeness (QED) is 0.570. The number of hydrogen-bond donors (Lipinski definition) is 3. The third kappa shape index (κ3) is 1.33. The zero-order chi connectivity index (χ0) is 8.55. The van der Waals surface area contributed by atoms with Gasteiger partial charge in [0.15, 0.2) is 0 Å². The summed E-state index contributed by atoms with van der Waals surface area (Å²) in [6.45, 7) is 0. The standard InChI is InChI=1S/C8H11N3O/c9-6-3-7(6)11-8(12)5-1-2-10-4-5/h1-2,4,6-7,10H,3,9H2,(H,11,12). The van der Waals surface area contributed by atoms with Crippen molar-refractivity contribution >= 4 is 5.91 Å². The molecule has 2 unspecified atom stereocenters. The van der Waals surface area contributed by atoms with Crippen molar-refractivity contribution in [2.75, 3.05) is 0 Å². The van der Waals surface area contributed by atoms with Crippen LogP contribution in [-0.4, -0.2) is 23.0 Å². The number of rotatable bonds is 2. The Morgan fingerprint density at radius 1 is 1.75 bits per heavy atom. The maximum Gasteiger partial charge on any atom is 0.253 e. The second-order valence-corrected chi connectivity index (χ2v) is 3.08. The zero-order valence-corrected chi connectivity index (χ0v) is 6.58. The van der Waals surface area contributed by atoms with Crippen LogP contribution in [0.3, 0.4) is 0 Å². The summed E-state index contributed by atoms with van der Waals surface area (Å²) in [5, 5.41) is 2.82. The number of H-pyrrole nitrogens is 1. The Bertz CT molecular complexity index is 281. The molecular weight excluding hydrogens is 154 g/mol. The summed E-state index contributed by atoms with van der Waals surface area (Å²) in [6.07, 6.45) is 4.29. The predicted molar refractivity (Wildman–Crippen MR) is 44.6 cm³/mol. The number of hydrogen-bond acceptors (Lipinski definition) is 2. The highest BCUT2D eigenvalue weighted by molar-refractivity contribution is 5.94. The summed E-state index contributed by atoms with van der Waals surface area (Å²) in [5.74, 6) is -0.0470. The van der Waals surface area contributed by atoms with Crippen molar-refractivity contribution in [1.29, 1.82) is 0 Å². The Hall–Kier alpha value is -1.29. The molecule has 0 aromatic carbocycles. The maximum atomic E-state index is 11.3. The molecule has 64 valence electrons. The van der Waals surface area contributed by atoms with E-state index >= 15 is 0 Å². The lowest BCUT2D eigenvalue weighted by molar-refractivity contribution is 0.0950. The summed E-state index contributed by atoms with van der Waals surface area (Å²) < 4.78 is 0. The average molecular weight is 165 g/mol. The van der Waals surface area contributed by atoms with Crippen molar-refractivity contribution in [3.63, 3.8) is 0 Å². The van der Waals surface area contributed by atoms with Gasteiger partial charge in [-0.15, -0.1) is 0 Å². The van der Waals surface area contributed by atoms with Gasteiger partial charge in [-0.2, -0.15) is 0 Å². The number of amides is 1. The highest BCUT2D eigenvalue weighted by Crippen LogP contribution is 2.18. The van der Waals surface area contributed by atoms with Crippen LogP contribution in [0.15, 0.2) is 18.5 Å². The van der Waals surface area contributed by atoms with E-state index in [0.29, 0.717) is 5.56 Å². The number of carbonyl (C=O) groups is 1. The lowest BCUT2D eigenvalue weighted by atomic mass is 10.3. The largest absolute Gasteiger partial charge is 0.367 e. The SMILES string of the molecule is NC1CC1NC(=O)c1cc[nH]c1. The number of nitrogens with one attached hydrogen (secondary N) is 2. The van der Waals surface area contributed by atoms with Crippen molar-refractivity contribution in [2.24, 2.45) is 5.73 Å². The summed E-state index contributed by atoms with van der Waals surface area (Å²) in [4.78, 5) is 14.1. The summed E-state index contributed by atoms with van der Waals surface area (Å²) in [5.41, 5.74) is 6.21. The van der Waals surface area contributed by atoms with E-state index < -0.39 is 0 Å². The Kier molecular flexibility index (Phi) is 1.62. The van der Waals surface area contributed by atoms with Gasteiger partial charge in [0.1, 0.15) is 0 Å². The second kappa shape index (κ2) is 2.64. The van der Waals surface area contributed by atoms with Gasteiger partial charge in [-0.1, -0.05) is 0 Å². The van der Waals surface area contributed by atoms with Gasteiger partial charge < -0.3 is 16.0 Å². The monoisotopic (exact) mass is 165 g/mol. The van der Waals surface area contributed by atoms with E-state index in [1.807, 2.05) is 0 Å². The molecule has 4 heteroatoms. The highest BCUT2D eigenvalue weighted by atomic mass is 16.1. The predicted octanol–water partition coefficient (Wildman–Crippen LogP) is -0.156. The summed E-state index contributed by atoms with van der Waals surface area (Å²) in [7, 11) is 0. The van der Waals surface area contributed by atoms with Crippen LogP contribution in [0.5, 0.6) is 0 Å². The van der Waals surface area contributed by atoms with Crippen LogP contribution < -0.4 is 11.1 Å². The molecule has 1 aliphatic rings. The molecule has 1 aromatic heterocycles. The van der Waals surface area contributed by atoms with Crippen molar-refractivity contribution in [3.8, 4) is 0 Å². The Labute approximate surface area is 70.1 Å². The van der Waals surface area contributed by atoms with Crippen molar-refractivity contribution in [3.05, 3.63) is 24.0 Å². The van der Waals surface area contributed by atoms with Gasteiger partial charge in [0, 0.05) is 24.5 Å². The normalized spacial score (nSPS) is 26.8. The molecule has 0 spiro atoms. The first-order valence-corrected chi connectivity index (χ1v) is 3.96. The fraction of sp³-hybridized carbons (Fsp3) is 0.375. The number of aromatic nitrogens is 1. The molecule has 1 fully saturated rings. The number of aromatic amines is 1. The molecule has 1 aromatic rings. The lowest BCUT2D eigenvalue weighted by Gasteiger charge is -1.99. The zero-order valence-electron chi connectivity index (χ0n) is 6.58. The smallest absolute Gasteiger partial charge is 0.253 e. The third-order valence-corrected chi connectivity index (χ3v) is 2.02. The van der Waals surface area contributed by atoms with E-state index in [0.717, 1.165) is 6.42 Å². The first kappa shape index (κ1) is 7.36. The molecule has 1 saturated carbocycles. The molecule has 12 heavy (non-hydrogen) atoms. The molecule has 4 nitrogen and oxygen atoms in total. The van der Waals surface area contributed by atoms with Crippen LogP contribution >= 0.6 is 0 Å². The molecular formula is C8H11N3O. The minimum atomic E-state index is -0.0470. The fourth-order valence-corrected chi connectivity index (χ4v) is 1.10. The van der Waals surface area contributed by atoms with E-state index in [9.17, 15) is 4.79 Å². The van der Waals surface area contributed by atoms with E-state index in [2.05, 4.69) is 10.3 Å². The van der Waals surface area contributed by atoms with E-state index in [1.54, 1.807) is 18.5 Å². The highest BCUT2D eigenvalue weighted by Gasteiger charge is 2.34. The molecule has 1 heterocycles. The molecule has 0 bridgehead atoms. The molecule has 0 saturated heterocycles. The van der Waals surface area contributed by atoms with Gasteiger partial charge in [0.25, 0.3) is 5.91 Å². The second-order valence-electron chi connectivity index (χ2n) is 3.08. The van der Waals surface area contributed by atoms with Crippen molar-refractivity contribution in [2.45, 2.75) is 18.5 Å². The Morgan fingerprint density at radius 3 is 3.00 bits per heavy atom. The van der Waals surface area contributed by atoms with Crippen molar-refractivity contribution < 1.29 is 4.79 Å². The molecule has 2 rings (SSSR count). The van der Waals surface area contributed by atoms with Gasteiger partial charge in [0.05, 0.1) is 5.56 Å². The van der Waals surface area contributed by atoms with E-state index in [1.165, 1.54) is 0 Å². The minimum absolute atomic E-state index is 0.0470. The summed E-state index contributed by atoms with van der Waals surface area (Å²) in [6, 6.07) is 2.09. The van der Waals surface area contributed by atoms with Gasteiger partial charge in [-0.05, 0) is 12.5 Å². The van der Waals surface area contributed by atoms with Gasteiger partial charge in [-0.25, -0.2) is 0 Å². The summed E-state index contributed by atoms with van der Waals surface area (Å²) >= 11 is 0. The molecule has 2 atom stereocenters. The Morgan fingerprint density at radius 2 is 2.50 bits per heavy atom. The topological polar surface area (TPSA) is 70.9 Å². The van der Waals surface area contributed by atoms with Crippen LogP contribution in [0.1, 0.15) is 16.8 Å².